The summed E-state index contributed by atoms with van der Waals surface area (Å²) >= 11 is 0. The van der Waals surface area contributed by atoms with E-state index < -0.39 is 6.23 Å². The van der Waals surface area contributed by atoms with E-state index in [-0.39, 0.29) is 0 Å². The molecule has 0 spiro atoms. The molecule has 0 saturated carbocycles. The van der Waals surface area contributed by atoms with E-state index in [4.69, 9.17) is 5.11 Å². The average Bonchev–Trinajstić information content (AvgIpc) is 2.50. The van der Waals surface area contributed by atoms with Crippen LogP contribution in [0.4, 0.5) is 0 Å². The van der Waals surface area contributed by atoms with Crippen molar-refractivity contribution < 1.29 is 10.6 Å². The number of hydroxylamine groups is 1. The molecule has 0 aromatic carbocycles. The van der Waals surface area contributed by atoms with Gasteiger partial charge in [-0.15, -0.1) is 0 Å². The molecule has 0 rings (SSSR count). The molecule has 0 heterocycles. The van der Waals surface area contributed by atoms with Gasteiger partial charge >= 0.3 is 0 Å². The van der Waals surface area contributed by atoms with Crippen LogP contribution in [0.15, 0.2) is 0 Å². The van der Waals surface area contributed by atoms with Crippen LogP contribution in [0.5, 0.6) is 0 Å². The topological polar surface area (TPSA) is 59.9 Å². The third kappa shape index (κ3) is 17.8. The highest BCUT2D eigenvalue weighted by Crippen LogP contribution is 2.13. The van der Waals surface area contributed by atoms with Crippen molar-refractivity contribution >= 4 is 0 Å². The van der Waals surface area contributed by atoms with E-state index in [0.29, 0.717) is 11.9 Å². The molecular weight excluding hydrogens is 262 g/mol. The Morgan fingerprint density at radius 1 is 0.667 bits per heavy atom. The molecule has 0 amide bonds. The molecule has 0 aromatic heterocycles. The summed E-state index contributed by atoms with van der Waals surface area (Å²) in [6.07, 6.45) is 20.1. The Morgan fingerprint density at radius 3 is 1.33 bits per heavy atom. The smallest absolute Gasteiger partial charge is 0.187 e. The van der Waals surface area contributed by atoms with Crippen molar-refractivity contribution in [2.24, 2.45) is 0 Å². The van der Waals surface area contributed by atoms with E-state index in [1.807, 2.05) is 0 Å². The fourth-order valence-electron chi connectivity index (χ4n) is 2.79. The highest BCUT2D eigenvalue weighted by atomic mass is 16.5. The van der Waals surface area contributed by atoms with Crippen molar-refractivity contribution in [1.29, 1.82) is 0 Å². The number of rotatable bonds is 17. The van der Waals surface area contributed by atoms with E-state index in [9.17, 15) is 5.21 Å². The quantitative estimate of drug-likeness (QED) is 0.234. The zero-order valence-corrected chi connectivity index (χ0v) is 14.3. The summed E-state index contributed by atoms with van der Waals surface area (Å²) in [5.74, 6) is 0. The SMILES string of the molecule is CCCCCCCCCCCCCCCCCC(O)[NH2+][O-]. The summed E-state index contributed by atoms with van der Waals surface area (Å²) in [6, 6.07) is 0. The van der Waals surface area contributed by atoms with Crippen LogP contribution in [-0.2, 0) is 0 Å². The predicted molar refractivity (Wildman–Crippen MR) is 90.8 cm³/mol. The molecule has 21 heavy (non-hydrogen) atoms. The Hall–Kier alpha value is -0.120. The molecule has 0 aliphatic carbocycles. The predicted octanol–water partition coefficient (Wildman–Crippen LogP) is 4.63. The van der Waals surface area contributed by atoms with Crippen LogP contribution in [-0.4, -0.2) is 11.3 Å². The van der Waals surface area contributed by atoms with Gasteiger partial charge in [0.15, 0.2) is 6.23 Å². The van der Waals surface area contributed by atoms with Crippen LogP contribution in [0.25, 0.3) is 0 Å². The molecule has 0 fully saturated rings. The van der Waals surface area contributed by atoms with Gasteiger partial charge in [0.1, 0.15) is 0 Å². The molecule has 0 aliphatic rings. The van der Waals surface area contributed by atoms with Crippen LogP contribution in [0, 0.1) is 5.21 Å². The average molecular weight is 302 g/mol. The molecule has 128 valence electrons. The molecule has 1 atom stereocenters. The van der Waals surface area contributed by atoms with E-state index in [1.54, 1.807) is 0 Å². The molecule has 1 unspecified atom stereocenters. The van der Waals surface area contributed by atoms with Crippen LogP contribution in [0.3, 0.4) is 0 Å². The summed E-state index contributed by atoms with van der Waals surface area (Å²) in [5.41, 5.74) is 0.643. The number of nitrogens with two attached hydrogens (primary N) is 1. The summed E-state index contributed by atoms with van der Waals surface area (Å²) in [4.78, 5) is 0. The maximum atomic E-state index is 10.2. The molecular formula is C18H39NO2. The first-order valence-electron chi connectivity index (χ1n) is 9.44. The van der Waals surface area contributed by atoms with Crippen LogP contribution in [0.2, 0.25) is 0 Å². The Bertz CT molecular complexity index is 188. The maximum Gasteiger partial charge on any atom is 0.187 e. The fourth-order valence-corrected chi connectivity index (χ4v) is 2.79. The third-order valence-electron chi connectivity index (χ3n) is 4.26. The third-order valence-corrected chi connectivity index (χ3v) is 4.26. The Balaban J connectivity index is 2.96. The lowest BCUT2D eigenvalue weighted by atomic mass is 10.0. The minimum Gasteiger partial charge on any atom is -0.634 e. The van der Waals surface area contributed by atoms with Crippen molar-refractivity contribution in [2.75, 3.05) is 0 Å². The van der Waals surface area contributed by atoms with Gasteiger partial charge in [-0.05, 0) is 6.42 Å². The van der Waals surface area contributed by atoms with Crippen molar-refractivity contribution in [1.82, 2.24) is 0 Å². The Labute approximate surface area is 132 Å². The highest BCUT2D eigenvalue weighted by molar-refractivity contribution is 4.50. The molecule has 0 aliphatic heterocycles. The second-order valence-corrected chi connectivity index (χ2v) is 6.44. The number of aliphatic hydroxyl groups is 1. The summed E-state index contributed by atoms with van der Waals surface area (Å²) in [7, 11) is 0. The van der Waals surface area contributed by atoms with Crippen molar-refractivity contribution in [2.45, 2.75) is 116 Å². The van der Waals surface area contributed by atoms with Crippen molar-refractivity contribution in [3.05, 3.63) is 5.21 Å². The summed E-state index contributed by atoms with van der Waals surface area (Å²) in [5, 5.41) is 19.3. The Kier molecular flexibility index (Phi) is 17.8. The molecule has 3 nitrogen and oxygen atoms in total. The summed E-state index contributed by atoms with van der Waals surface area (Å²) in [6.45, 7) is 2.27. The highest BCUT2D eigenvalue weighted by Gasteiger charge is 2.00. The minimum absolute atomic E-state index is 0.641. The number of unbranched alkanes of at least 4 members (excludes halogenated alkanes) is 14. The lowest BCUT2D eigenvalue weighted by Crippen LogP contribution is -2.84. The van der Waals surface area contributed by atoms with Gasteiger partial charge in [0, 0.05) is 6.42 Å². The maximum absolute atomic E-state index is 10.2. The van der Waals surface area contributed by atoms with Gasteiger partial charge in [-0.2, -0.15) is 0 Å². The largest absolute Gasteiger partial charge is 0.634 e. The zero-order chi connectivity index (χ0) is 15.6. The molecule has 0 bridgehead atoms. The molecule has 3 heteroatoms. The van der Waals surface area contributed by atoms with Crippen LogP contribution < -0.4 is 5.48 Å². The molecule has 0 radical (unpaired) electrons. The zero-order valence-electron chi connectivity index (χ0n) is 14.3. The van der Waals surface area contributed by atoms with Gasteiger partial charge in [-0.1, -0.05) is 96.8 Å². The van der Waals surface area contributed by atoms with Gasteiger partial charge in [-0.3, -0.25) is 0 Å². The number of quaternary nitrogens is 1. The van der Waals surface area contributed by atoms with E-state index in [2.05, 4.69) is 6.92 Å². The first-order valence-corrected chi connectivity index (χ1v) is 9.44. The van der Waals surface area contributed by atoms with Gasteiger partial charge in [-0.25, -0.2) is 0 Å². The fraction of sp³-hybridized carbons (Fsp3) is 1.00. The molecule has 3 N–H and O–H groups in total. The molecule has 0 aromatic rings. The number of hydrogen-bond acceptors (Lipinski definition) is 2. The first kappa shape index (κ1) is 20.9. The Morgan fingerprint density at radius 2 is 1.00 bits per heavy atom. The number of aliphatic hydroxyl groups excluding tert-OH is 1. The van der Waals surface area contributed by atoms with Crippen molar-refractivity contribution in [3.8, 4) is 0 Å². The number of hydrogen-bond donors (Lipinski definition) is 2. The monoisotopic (exact) mass is 301 g/mol. The summed E-state index contributed by atoms with van der Waals surface area (Å²) < 4.78 is 0. The van der Waals surface area contributed by atoms with Gasteiger partial charge in [0.2, 0.25) is 0 Å². The second-order valence-electron chi connectivity index (χ2n) is 6.44. The van der Waals surface area contributed by atoms with Crippen LogP contribution >= 0.6 is 0 Å². The van der Waals surface area contributed by atoms with E-state index in [0.717, 1.165) is 12.8 Å². The standard InChI is InChI=1S/C18H39NO2/c1-2-3-4-5-6-7-8-9-10-11-12-13-14-15-16-17-18(20)19-21/h18,20H,2-17,19H2,1H3. The lowest BCUT2D eigenvalue weighted by molar-refractivity contribution is -0.668. The minimum atomic E-state index is -0.730. The van der Waals surface area contributed by atoms with Crippen molar-refractivity contribution in [3.63, 3.8) is 0 Å². The van der Waals surface area contributed by atoms with Crippen LogP contribution in [0.1, 0.15) is 110 Å². The molecule has 0 saturated heterocycles. The first-order chi connectivity index (χ1) is 10.3. The normalized spacial score (nSPS) is 12.7. The van der Waals surface area contributed by atoms with Gasteiger partial charge in [0.25, 0.3) is 0 Å². The second kappa shape index (κ2) is 17.9. The van der Waals surface area contributed by atoms with Gasteiger partial charge in [0.05, 0.1) is 0 Å². The van der Waals surface area contributed by atoms with E-state index in [1.165, 1.54) is 83.5 Å². The van der Waals surface area contributed by atoms with E-state index >= 15 is 0 Å². The lowest BCUT2D eigenvalue weighted by Gasteiger charge is -2.09. The van der Waals surface area contributed by atoms with Gasteiger partial charge < -0.3 is 15.8 Å².